The van der Waals surface area contributed by atoms with Crippen molar-refractivity contribution in [2.24, 2.45) is 0 Å². The van der Waals surface area contributed by atoms with Crippen LogP contribution in [0.4, 0.5) is 4.39 Å². The molecule has 0 aliphatic heterocycles. The molecular formula is C17H21FN2O3S2. The van der Waals surface area contributed by atoms with Crippen molar-refractivity contribution in [2.75, 3.05) is 13.1 Å². The van der Waals surface area contributed by atoms with Gasteiger partial charge in [0.15, 0.2) is 0 Å². The van der Waals surface area contributed by atoms with Gasteiger partial charge in [-0.25, -0.2) is 12.8 Å². The van der Waals surface area contributed by atoms with Gasteiger partial charge in [0.05, 0.1) is 17.0 Å². The number of rotatable bonds is 7. The minimum Gasteiger partial charge on any atom is -0.347 e. The van der Waals surface area contributed by atoms with E-state index < -0.39 is 21.7 Å². The summed E-state index contributed by atoms with van der Waals surface area (Å²) in [7, 11) is -3.75. The highest BCUT2D eigenvalue weighted by molar-refractivity contribution is 7.89. The van der Waals surface area contributed by atoms with Gasteiger partial charge in [0.25, 0.3) is 5.91 Å². The molecule has 0 aliphatic carbocycles. The molecule has 8 heteroatoms. The van der Waals surface area contributed by atoms with Gasteiger partial charge >= 0.3 is 0 Å². The number of carbonyl (C=O) groups is 1. The van der Waals surface area contributed by atoms with Gasteiger partial charge in [-0.3, -0.25) is 4.79 Å². The fourth-order valence-corrected chi connectivity index (χ4v) is 4.71. The van der Waals surface area contributed by atoms with Gasteiger partial charge in [-0.05, 0) is 37.3 Å². The Labute approximate surface area is 151 Å². The largest absolute Gasteiger partial charge is 0.347 e. The molecule has 1 N–H and O–H groups in total. The number of sulfonamides is 1. The maximum Gasteiger partial charge on any atom is 0.254 e. The van der Waals surface area contributed by atoms with Gasteiger partial charge in [0.2, 0.25) is 10.0 Å². The lowest BCUT2D eigenvalue weighted by Gasteiger charge is -2.18. The van der Waals surface area contributed by atoms with Crippen LogP contribution in [0.5, 0.6) is 0 Å². The number of hydrogen-bond donors (Lipinski definition) is 1. The monoisotopic (exact) mass is 384 g/mol. The van der Waals surface area contributed by atoms with Gasteiger partial charge in [0, 0.05) is 22.8 Å². The van der Waals surface area contributed by atoms with E-state index in [-0.39, 0.29) is 17.0 Å². The van der Waals surface area contributed by atoms with Crippen molar-refractivity contribution in [1.29, 1.82) is 0 Å². The molecule has 2 rings (SSSR count). The third-order valence-corrected chi connectivity index (χ3v) is 6.79. The third-order valence-electron chi connectivity index (χ3n) is 3.74. The molecule has 25 heavy (non-hydrogen) atoms. The predicted molar refractivity (Wildman–Crippen MR) is 96.7 cm³/mol. The Balaban J connectivity index is 2.24. The van der Waals surface area contributed by atoms with E-state index >= 15 is 0 Å². The molecular weight excluding hydrogens is 363 g/mol. The first-order chi connectivity index (χ1) is 11.8. The topological polar surface area (TPSA) is 66.5 Å². The van der Waals surface area contributed by atoms with E-state index in [0.717, 1.165) is 21.9 Å². The average Bonchev–Trinajstić information content (AvgIpc) is 2.99. The molecule has 1 aromatic carbocycles. The van der Waals surface area contributed by atoms with E-state index in [2.05, 4.69) is 5.32 Å². The molecule has 1 amide bonds. The van der Waals surface area contributed by atoms with Crippen LogP contribution in [-0.2, 0) is 16.6 Å². The Morgan fingerprint density at radius 1 is 1.20 bits per heavy atom. The number of hydrogen-bond acceptors (Lipinski definition) is 4. The van der Waals surface area contributed by atoms with E-state index in [1.165, 1.54) is 21.7 Å². The lowest BCUT2D eigenvalue weighted by atomic mass is 10.2. The molecule has 0 fully saturated rings. The first-order valence-electron chi connectivity index (χ1n) is 7.92. The minimum absolute atomic E-state index is 0.0882. The third kappa shape index (κ3) is 4.45. The zero-order chi connectivity index (χ0) is 18.6. The lowest BCUT2D eigenvalue weighted by molar-refractivity contribution is 0.0947. The molecule has 0 spiro atoms. The Hall–Kier alpha value is -1.77. The van der Waals surface area contributed by atoms with Crippen LogP contribution in [0.2, 0.25) is 0 Å². The van der Waals surface area contributed by atoms with Crippen molar-refractivity contribution in [1.82, 2.24) is 9.62 Å². The zero-order valence-electron chi connectivity index (χ0n) is 14.4. The second-order valence-corrected chi connectivity index (χ2v) is 8.74. The second-order valence-electron chi connectivity index (χ2n) is 5.43. The van der Waals surface area contributed by atoms with Crippen molar-refractivity contribution < 1.29 is 17.6 Å². The van der Waals surface area contributed by atoms with E-state index in [4.69, 9.17) is 0 Å². The predicted octanol–water partition coefficient (Wildman–Crippen LogP) is 3.16. The second kappa shape index (κ2) is 8.07. The van der Waals surface area contributed by atoms with E-state index in [9.17, 15) is 17.6 Å². The standard InChI is InChI=1S/C17H21FN2O3S2/c1-4-20(5-2)25(22,23)14-8-9-16(18)15(10-14)17(21)19-11-13-7-6-12(3)24-13/h6-10H,4-5,11H2,1-3H3,(H,19,21). The Bertz CT molecular complexity index is 859. The SMILES string of the molecule is CCN(CC)S(=O)(=O)c1ccc(F)c(C(=O)NCc2ccc(C)s2)c1. The number of aryl methyl sites for hydroxylation is 1. The van der Waals surface area contributed by atoms with Crippen LogP contribution in [0.25, 0.3) is 0 Å². The molecule has 136 valence electrons. The van der Waals surface area contributed by atoms with E-state index in [1.54, 1.807) is 13.8 Å². The summed E-state index contributed by atoms with van der Waals surface area (Å²) < 4.78 is 40.4. The Morgan fingerprint density at radius 2 is 1.88 bits per heavy atom. The first-order valence-corrected chi connectivity index (χ1v) is 10.2. The molecule has 0 radical (unpaired) electrons. The highest BCUT2D eigenvalue weighted by Crippen LogP contribution is 2.20. The van der Waals surface area contributed by atoms with Gasteiger partial charge in [-0.15, -0.1) is 11.3 Å². The summed E-state index contributed by atoms with van der Waals surface area (Å²) in [5, 5.41) is 2.63. The average molecular weight is 384 g/mol. The summed E-state index contributed by atoms with van der Waals surface area (Å²) in [5.41, 5.74) is -0.276. The van der Waals surface area contributed by atoms with Gasteiger partial charge in [0.1, 0.15) is 5.82 Å². The quantitative estimate of drug-likeness (QED) is 0.797. The number of nitrogens with one attached hydrogen (secondary N) is 1. The van der Waals surface area contributed by atoms with Gasteiger partial charge < -0.3 is 5.32 Å². The van der Waals surface area contributed by atoms with E-state index in [1.807, 2.05) is 19.1 Å². The molecule has 0 atom stereocenters. The van der Waals surface area contributed by atoms with Crippen LogP contribution >= 0.6 is 11.3 Å². The summed E-state index contributed by atoms with van der Waals surface area (Å²) in [4.78, 5) is 14.2. The summed E-state index contributed by atoms with van der Waals surface area (Å²) in [5.74, 6) is -1.39. The number of benzene rings is 1. The van der Waals surface area contributed by atoms with E-state index in [0.29, 0.717) is 13.1 Å². The van der Waals surface area contributed by atoms with Crippen molar-refractivity contribution in [3.63, 3.8) is 0 Å². The molecule has 2 aromatic rings. The maximum absolute atomic E-state index is 14.0. The number of amides is 1. The molecule has 1 heterocycles. The fourth-order valence-electron chi connectivity index (χ4n) is 2.39. The fraction of sp³-hybridized carbons (Fsp3) is 0.353. The van der Waals surface area contributed by atoms with Crippen LogP contribution in [0.3, 0.4) is 0 Å². The molecule has 0 aliphatic rings. The summed E-state index contributed by atoms with van der Waals surface area (Å²) in [6.07, 6.45) is 0. The van der Waals surface area contributed by atoms with Crippen molar-refractivity contribution in [3.05, 3.63) is 51.5 Å². The Morgan fingerprint density at radius 3 is 2.44 bits per heavy atom. The summed E-state index contributed by atoms with van der Waals surface area (Å²) >= 11 is 1.54. The molecule has 0 bridgehead atoms. The zero-order valence-corrected chi connectivity index (χ0v) is 16.0. The number of halogens is 1. The van der Waals surface area contributed by atoms with Gasteiger partial charge in [-0.2, -0.15) is 4.31 Å². The normalized spacial score (nSPS) is 11.7. The molecule has 1 aromatic heterocycles. The van der Waals surface area contributed by atoms with Gasteiger partial charge in [-0.1, -0.05) is 13.8 Å². The number of carbonyl (C=O) groups excluding carboxylic acids is 1. The summed E-state index contributed by atoms with van der Waals surface area (Å²) in [6.45, 7) is 6.27. The lowest BCUT2D eigenvalue weighted by Crippen LogP contribution is -2.31. The number of nitrogens with zero attached hydrogens (tertiary/aromatic N) is 1. The number of thiophene rings is 1. The maximum atomic E-state index is 14.0. The van der Waals surface area contributed by atoms with Crippen LogP contribution in [0.15, 0.2) is 35.2 Å². The van der Waals surface area contributed by atoms with Crippen LogP contribution in [0.1, 0.15) is 34.0 Å². The van der Waals surface area contributed by atoms with Crippen molar-refractivity contribution in [2.45, 2.75) is 32.2 Å². The smallest absolute Gasteiger partial charge is 0.254 e. The highest BCUT2D eigenvalue weighted by Gasteiger charge is 2.24. The van der Waals surface area contributed by atoms with Crippen LogP contribution in [-0.4, -0.2) is 31.7 Å². The summed E-state index contributed by atoms with van der Waals surface area (Å²) in [6, 6.07) is 7.11. The minimum atomic E-state index is -3.75. The highest BCUT2D eigenvalue weighted by atomic mass is 32.2. The molecule has 0 unspecified atom stereocenters. The van der Waals surface area contributed by atoms with Crippen LogP contribution in [0, 0.1) is 12.7 Å². The van der Waals surface area contributed by atoms with Crippen molar-refractivity contribution >= 4 is 27.3 Å². The first kappa shape index (κ1) is 19.6. The molecule has 0 saturated heterocycles. The molecule has 0 saturated carbocycles. The Kier molecular flexibility index (Phi) is 6.31. The van der Waals surface area contributed by atoms with Crippen molar-refractivity contribution in [3.8, 4) is 0 Å². The van der Waals surface area contributed by atoms with Crippen LogP contribution < -0.4 is 5.32 Å². The molecule has 5 nitrogen and oxygen atoms in total.